The van der Waals surface area contributed by atoms with Crippen LogP contribution in [-0.4, -0.2) is 19.9 Å². The molecular weight excluding hydrogens is 274 g/mol. The highest BCUT2D eigenvalue weighted by molar-refractivity contribution is 6.28. The van der Waals surface area contributed by atoms with Gasteiger partial charge in [-0.15, -0.1) is 0 Å². The van der Waals surface area contributed by atoms with Crippen molar-refractivity contribution in [3.63, 3.8) is 0 Å². The average Bonchev–Trinajstić information content (AvgIpc) is 2.30. The van der Waals surface area contributed by atoms with E-state index in [0.717, 1.165) is 0 Å². The third kappa shape index (κ3) is 2.86. The van der Waals surface area contributed by atoms with Crippen LogP contribution < -0.4 is 10.5 Å². The lowest BCUT2D eigenvalue weighted by molar-refractivity contribution is -0.385. The number of nitrogens with two attached hydrogens (primary N) is 1. The summed E-state index contributed by atoms with van der Waals surface area (Å²) in [5.41, 5.74) is 5.68. The summed E-state index contributed by atoms with van der Waals surface area (Å²) < 4.78 is 5.33. The fourth-order valence-electron chi connectivity index (χ4n) is 1.40. The number of nitro groups is 1. The van der Waals surface area contributed by atoms with Gasteiger partial charge >= 0.3 is 6.01 Å². The Bertz CT molecular complexity index is 629. The molecule has 0 aliphatic carbocycles. The fourth-order valence-corrected chi connectivity index (χ4v) is 1.56. The molecule has 0 spiro atoms. The molecule has 2 rings (SSSR count). The van der Waals surface area contributed by atoms with Gasteiger partial charge in [-0.25, -0.2) is 0 Å². The summed E-state index contributed by atoms with van der Waals surface area (Å²) in [6, 6.07) is 4.29. The van der Waals surface area contributed by atoms with Crippen LogP contribution in [0.15, 0.2) is 18.2 Å². The summed E-state index contributed by atoms with van der Waals surface area (Å²) in [5, 5.41) is 10.7. The van der Waals surface area contributed by atoms with Gasteiger partial charge < -0.3 is 10.5 Å². The first-order valence-corrected chi connectivity index (χ1v) is 5.44. The Morgan fingerprint density at radius 3 is 2.74 bits per heavy atom. The highest BCUT2D eigenvalue weighted by Gasteiger charge is 2.15. The minimum Gasteiger partial charge on any atom is -0.424 e. The maximum Gasteiger partial charge on any atom is 0.328 e. The van der Waals surface area contributed by atoms with Crippen molar-refractivity contribution < 1.29 is 9.66 Å². The van der Waals surface area contributed by atoms with Crippen molar-refractivity contribution in [2.75, 3.05) is 5.73 Å². The Balaban J connectivity index is 2.38. The first kappa shape index (κ1) is 13.0. The van der Waals surface area contributed by atoms with E-state index < -0.39 is 4.92 Å². The lowest BCUT2D eigenvalue weighted by Gasteiger charge is -2.07. The molecule has 0 saturated heterocycles. The van der Waals surface area contributed by atoms with E-state index in [1.807, 2.05) is 0 Å². The monoisotopic (exact) mass is 281 g/mol. The van der Waals surface area contributed by atoms with E-state index >= 15 is 0 Å². The summed E-state index contributed by atoms with van der Waals surface area (Å²) in [4.78, 5) is 21.3. The largest absolute Gasteiger partial charge is 0.424 e. The molecule has 2 N–H and O–H groups in total. The van der Waals surface area contributed by atoms with Crippen molar-refractivity contribution in [1.82, 2.24) is 15.0 Å². The van der Waals surface area contributed by atoms with E-state index in [-0.39, 0.29) is 28.7 Å². The van der Waals surface area contributed by atoms with E-state index in [2.05, 4.69) is 15.0 Å². The molecule has 0 unspecified atom stereocenters. The third-order valence-corrected chi connectivity index (χ3v) is 2.43. The Labute approximate surface area is 112 Å². The minimum absolute atomic E-state index is 0.0642. The molecule has 0 bridgehead atoms. The quantitative estimate of drug-likeness (QED) is 0.676. The van der Waals surface area contributed by atoms with Crippen LogP contribution in [-0.2, 0) is 0 Å². The van der Waals surface area contributed by atoms with E-state index in [9.17, 15) is 10.1 Å². The smallest absolute Gasteiger partial charge is 0.328 e. The van der Waals surface area contributed by atoms with E-state index in [4.69, 9.17) is 22.1 Å². The Hall–Kier alpha value is -2.48. The van der Waals surface area contributed by atoms with Crippen LogP contribution in [0.1, 0.15) is 5.56 Å². The molecule has 98 valence electrons. The van der Waals surface area contributed by atoms with Gasteiger partial charge in [0.25, 0.3) is 5.69 Å². The van der Waals surface area contributed by atoms with E-state index in [1.54, 1.807) is 13.0 Å². The highest BCUT2D eigenvalue weighted by atomic mass is 35.5. The van der Waals surface area contributed by atoms with Gasteiger partial charge in [0.05, 0.1) is 10.5 Å². The molecule has 19 heavy (non-hydrogen) atoms. The summed E-state index contributed by atoms with van der Waals surface area (Å²) in [5.74, 6) is 0.147. The maximum absolute atomic E-state index is 10.8. The number of aromatic nitrogens is 3. The highest BCUT2D eigenvalue weighted by Crippen LogP contribution is 2.29. The summed E-state index contributed by atoms with van der Waals surface area (Å²) in [6.07, 6.45) is 0. The molecule has 1 aromatic heterocycles. The zero-order chi connectivity index (χ0) is 14.0. The molecule has 8 nitrogen and oxygen atoms in total. The lowest BCUT2D eigenvalue weighted by Crippen LogP contribution is -2.01. The van der Waals surface area contributed by atoms with Gasteiger partial charge in [0.2, 0.25) is 11.2 Å². The van der Waals surface area contributed by atoms with E-state index in [1.165, 1.54) is 12.1 Å². The Morgan fingerprint density at radius 1 is 1.37 bits per heavy atom. The van der Waals surface area contributed by atoms with E-state index in [0.29, 0.717) is 5.56 Å². The second-order valence-corrected chi connectivity index (χ2v) is 3.84. The Kier molecular flexibility index (Phi) is 3.43. The molecular formula is C10H8ClN5O3. The molecule has 0 aliphatic heterocycles. The first-order valence-electron chi connectivity index (χ1n) is 5.06. The Morgan fingerprint density at radius 2 is 2.11 bits per heavy atom. The van der Waals surface area contributed by atoms with Crippen LogP contribution in [0, 0.1) is 17.0 Å². The summed E-state index contributed by atoms with van der Waals surface area (Å²) >= 11 is 5.61. The number of nitrogens with zero attached hydrogens (tertiary/aromatic N) is 4. The number of hydrogen-bond acceptors (Lipinski definition) is 7. The molecule has 0 fully saturated rings. The SMILES string of the molecule is Cc1c(Oc2nc(N)nc(Cl)n2)cccc1[N+](=O)[O-]. The zero-order valence-corrected chi connectivity index (χ0v) is 10.5. The average molecular weight is 282 g/mol. The molecule has 0 atom stereocenters. The molecule has 0 amide bonds. The van der Waals surface area contributed by atoms with Gasteiger partial charge in [0, 0.05) is 6.07 Å². The van der Waals surface area contributed by atoms with Crippen molar-refractivity contribution >= 4 is 23.2 Å². The van der Waals surface area contributed by atoms with Crippen LogP contribution in [0.4, 0.5) is 11.6 Å². The van der Waals surface area contributed by atoms with Gasteiger partial charge in [-0.05, 0) is 24.6 Å². The fraction of sp³-hybridized carbons (Fsp3) is 0.100. The van der Waals surface area contributed by atoms with Crippen molar-refractivity contribution in [2.45, 2.75) is 6.92 Å². The molecule has 0 radical (unpaired) electrons. The topological polar surface area (TPSA) is 117 Å². The number of hydrogen-bond donors (Lipinski definition) is 1. The van der Waals surface area contributed by atoms with Crippen LogP contribution in [0.5, 0.6) is 11.8 Å². The van der Waals surface area contributed by atoms with Gasteiger partial charge in [-0.2, -0.15) is 15.0 Å². The molecule has 1 heterocycles. The van der Waals surface area contributed by atoms with Crippen LogP contribution in [0.2, 0.25) is 5.28 Å². The predicted molar refractivity (Wildman–Crippen MR) is 67.2 cm³/mol. The summed E-state index contributed by atoms with van der Waals surface area (Å²) in [6.45, 7) is 1.56. The van der Waals surface area contributed by atoms with Crippen LogP contribution in [0.25, 0.3) is 0 Å². The van der Waals surface area contributed by atoms with Gasteiger partial charge in [-0.1, -0.05) is 6.07 Å². The number of ether oxygens (including phenoxy) is 1. The minimum atomic E-state index is -0.503. The predicted octanol–water partition coefficient (Wildman–Crippen LogP) is 2.12. The number of anilines is 1. The normalized spacial score (nSPS) is 10.2. The van der Waals surface area contributed by atoms with Crippen molar-refractivity contribution in [1.29, 1.82) is 0 Å². The molecule has 0 aliphatic rings. The number of nitro benzene ring substituents is 1. The number of nitrogen functional groups attached to an aromatic ring is 1. The second kappa shape index (κ2) is 5.02. The third-order valence-electron chi connectivity index (χ3n) is 2.26. The van der Waals surface area contributed by atoms with Gasteiger partial charge in [0.15, 0.2) is 0 Å². The molecule has 1 aromatic carbocycles. The van der Waals surface area contributed by atoms with Gasteiger partial charge in [-0.3, -0.25) is 10.1 Å². The number of halogens is 1. The van der Waals surface area contributed by atoms with Crippen LogP contribution >= 0.6 is 11.6 Å². The second-order valence-electron chi connectivity index (χ2n) is 3.50. The molecule has 0 saturated carbocycles. The molecule has 2 aromatic rings. The van der Waals surface area contributed by atoms with Gasteiger partial charge in [0.1, 0.15) is 5.75 Å². The number of benzene rings is 1. The van der Waals surface area contributed by atoms with Crippen LogP contribution in [0.3, 0.4) is 0 Å². The standard InChI is InChI=1S/C10H8ClN5O3/c1-5-6(16(17)18)3-2-4-7(5)19-10-14-8(11)13-9(12)15-10/h2-4H,1H3,(H2,12,13,14,15). The lowest BCUT2D eigenvalue weighted by atomic mass is 10.2. The maximum atomic E-state index is 10.8. The summed E-state index contributed by atoms with van der Waals surface area (Å²) in [7, 11) is 0. The first-order chi connectivity index (χ1) is 8.97. The zero-order valence-electron chi connectivity index (χ0n) is 9.70. The van der Waals surface area contributed by atoms with Crippen molar-refractivity contribution in [2.24, 2.45) is 0 Å². The van der Waals surface area contributed by atoms with Crippen molar-refractivity contribution in [3.8, 4) is 11.8 Å². The molecule has 9 heteroatoms. The number of rotatable bonds is 3. The van der Waals surface area contributed by atoms with Crippen molar-refractivity contribution in [3.05, 3.63) is 39.2 Å².